The Kier molecular flexibility index (Phi) is 6.58. The minimum atomic E-state index is -0.192. The molecular formula is C30H48O3. The van der Waals surface area contributed by atoms with E-state index in [2.05, 4.69) is 46.8 Å². The molecule has 8 unspecified atom stereocenters. The summed E-state index contributed by atoms with van der Waals surface area (Å²) in [5.41, 5.74) is 3.28. The lowest BCUT2D eigenvalue weighted by molar-refractivity contribution is -0.133. The first-order chi connectivity index (χ1) is 15.5. The third-order valence-electron chi connectivity index (χ3n) is 11.8. The minimum absolute atomic E-state index is 0.0300. The number of fused-ring (bicyclic) bond motifs is 5. The van der Waals surface area contributed by atoms with E-state index in [1.54, 1.807) is 5.57 Å². The van der Waals surface area contributed by atoms with Crippen molar-refractivity contribution in [1.82, 2.24) is 0 Å². The van der Waals surface area contributed by atoms with E-state index in [9.17, 15) is 15.0 Å². The number of carbonyl (C=O) groups excluding carboxylic acids is 1. The van der Waals surface area contributed by atoms with Crippen molar-refractivity contribution in [2.24, 2.45) is 45.3 Å². The van der Waals surface area contributed by atoms with E-state index in [1.807, 2.05) is 6.92 Å². The summed E-state index contributed by atoms with van der Waals surface area (Å²) in [5, 5.41) is 20.1. The molecule has 4 rings (SSSR count). The van der Waals surface area contributed by atoms with Gasteiger partial charge in [-0.25, -0.2) is 0 Å². The first-order valence-corrected chi connectivity index (χ1v) is 13.6. The van der Waals surface area contributed by atoms with Crippen LogP contribution in [0.25, 0.3) is 0 Å². The monoisotopic (exact) mass is 456 g/mol. The summed E-state index contributed by atoms with van der Waals surface area (Å²) in [4.78, 5) is 12.3. The van der Waals surface area contributed by atoms with Crippen molar-refractivity contribution in [3.05, 3.63) is 23.3 Å². The zero-order chi connectivity index (χ0) is 24.2. The molecule has 0 saturated heterocycles. The van der Waals surface area contributed by atoms with E-state index < -0.39 is 0 Å². The molecule has 2 N–H and O–H groups in total. The van der Waals surface area contributed by atoms with Crippen molar-refractivity contribution in [3.8, 4) is 0 Å². The third kappa shape index (κ3) is 3.63. The molecule has 4 aliphatic carbocycles. The van der Waals surface area contributed by atoms with Crippen LogP contribution in [0, 0.1) is 45.3 Å². The fourth-order valence-corrected chi connectivity index (χ4v) is 9.38. The molecule has 4 aliphatic rings. The van der Waals surface area contributed by atoms with E-state index in [0.717, 1.165) is 44.1 Å². The van der Waals surface area contributed by atoms with Crippen molar-refractivity contribution in [2.75, 3.05) is 6.61 Å². The zero-order valence-electron chi connectivity index (χ0n) is 22.0. The van der Waals surface area contributed by atoms with Gasteiger partial charge in [0.25, 0.3) is 0 Å². The maximum absolute atomic E-state index is 12.3. The lowest BCUT2D eigenvalue weighted by atomic mass is 9.41. The molecule has 0 aliphatic heterocycles. The summed E-state index contributed by atoms with van der Waals surface area (Å²) in [5.74, 6) is 1.70. The van der Waals surface area contributed by atoms with Crippen LogP contribution in [0.4, 0.5) is 0 Å². The number of rotatable bonds is 6. The highest BCUT2D eigenvalue weighted by molar-refractivity contribution is 5.55. The van der Waals surface area contributed by atoms with E-state index >= 15 is 0 Å². The lowest BCUT2D eigenvalue weighted by Gasteiger charge is -2.64. The van der Waals surface area contributed by atoms with Gasteiger partial charge < -0.3 is 15.0 Å². The number of aliphatic hydroxyl groups excluding tert-OH is 2. The number of hydrogen-bond donors (Lipinski definition) is 2. The van der Waals surface area contributed by atoms with Crippen LogP contribution in [-0.4, -0.2) is 29.2 Å². The topological polar surface area (TPSA) is 57.5 Å². The van der Waals surface area contributed by atoms with Crippen LogP contribution >= 0.6 is 0 Å². The van der Waals surface area contributed by atoms with Crippen molar-refractivity contribution in [2.45, 2.75) is 105 Å². The molecule has 3 fully saturated rings. The van der Waals surface area contributed by atoms with Gasteiger partial charge in [-0.3, -0.25) is 0 Å². The maximum Gasteiger partial charge on any atom is 0.123 e. The Morgan fingerprint density at radius 3 is 2.52 bits per heavy atom. The average molecular weight is 457 g/mol. The van der Waals surface area contributed by atoms with Gasteiger partial charge in [0.15, 0.2) is 0 Å². The normalized spacial score (nSPS) is 45.5. The first kappa shape index (κ1) is 25.2. The predicted molar refractivity (Wildman–Crippen MR) is 135 cm³/mol. The molecular weight excluding hydrogens is 408 g/mol. The number of hydrogen-bond acceptors (Lipinski definition) is 3. The lowest BCUT2D eigenvalue weighted by Crippen LogP contribution is -2.58. The number of aldehydes is 1. The molecule has 0 aromatic heterocycles. The number of carbonyl (C=O) groups is 1. The Morgan fingerprint density at radius 1 is 1.12 bits per heavy atom. The van der Waals surface area contributed by atoms with E-state index in [4.69, 9.17) is 0 Å². The summed E-state index contributed by atoms with van der Waals surface area (Å²) < 4.78 is 0. The number of aliphatic hydroxyl groups is 2. The van der Waals surface area contributed by atoms with Gasteiger partial charge >= 0.3 is 0 Å². The van der Waals surface area contributed by atoms with E-state index in [-0.39, 0.29) is 40.3 Å². The van der Waals surface area contributed by atoms with Gasteiger partial charge in [0.2, 0.25) is 0 Å². The zero-order valence-corrected chi connectivity index (χ0v) is 22.0. The molecule has 3 saturated carbocycles. The Balaban J connectivity index is 1.62. The van der Waals surface area contributed by atoms with Crippen LogP contribution in [0.5, 0.6) is 0 Å². The molecule has 0 spiro atoms. The molecule has 186 valence electrons. The molecule has 0 amide bonds. The second-order valence-electron chi connectivity index (χ2n) is 13.4. The Bertz CT molecular complexity index is 824. The Hall–Kier alpha value is -0.930. The second-order valence-corrected chi connectivity index (χ2v) is 13.4. The third-order valence-corrected chi connectivity index (χ3v) is 11.8. The van der Waals surface area contributed by atoms with Crippen LogP contribution in [0.3, 0.4) is 0 Å². The minimum Gasteiger partial charge on any atom is -0.393 e. The van der Waals surface area contributed by atoms with Crippen molar-refractivity contribution in [3.63, 3.8) is 0 Å². The predicted octanol–water partition coefficient (Wildman–Crippen LogP) is 6.49. The van der Waals surface area contributed by atoms with Gasteiger partial charge in [0.1, 0.15) is 6.29 Å². The van der Waals surface area contributed by atoms with E-state index in [1.165, 1.54) is 25.5 Å². The number of allylic oxidation sites excluding steroid dienone is 3. The second kappa shape index (κ2) is 8.63. The standard InChI is InChI=1S/C30H48O3/c1-20(18-31)8-7-9-21(19-32)22-12-16-30(6)24-10-11-25-27(2,3)26(33)14-15-28(25,4)23(24)13-17-29(22,30)5/h8,10,19,21-23,25-26,31,33H,7,9,11-18H2,1-6H3. The largest absolute Gasteiger partial charge is 0.393 e. The fourth-order valence-electron chi connectivity index (χ4n) is 9.38. The molecule has 8 atom stereocenters. The van der Waals surface area contributed by atoms with Crippen LogP contribution in [0.2, 0.25) is 0 Å². The summed E-state index contributed by atoms with van der Waals surface area (Å²) in [7, 11) is 0. The summed E-state index contributed by atoms with van der Waals surface area (Å²) in [6, 6.07) is 0. The van der Waals surface area contributed by atoms with Gasteiger partial charge in [-0.1, -0.05) is 57.9 Å². The van der Waals surface area contributed by atoms with Crippen molar-refractivity contribution >= 4 is 6.29 Å². The molecule has 0 aromatic carbocycles. The Labute approximate surface area is 202 Å². The summed E-state index contributed by atoms with van der Waals surface area (Å²) in [6.07, 6.45) is 15.4. The van der Waals surface area contributed by atoms with Crippen molar-refractivity contribution < 1.29 is 15.0 Å². The Morgan fingerprint density at radius 2 is 1.85 bits per heavy atom. The fraction of sp³-hybridized carbons (Fsp3) is 0.833. The molecule has 0 aromatic rings. The van der Waals surface area contributed by atoms with Gasteiger partial charge in [-0.2, -0.15) is 0 Å². The quantitative estimate of drug-likeness (QED) is 0.355. The highest BCUT2D eigenvalue weighted by Crippen LogP contribution is 2.73. The average Bonchev–Trinajstić information content (AvgIpc) is 3.05. The van der Waals surface area contributed by atoms with Crippen LogP contribution < -0.4 is 0 Å². The van der Waals surface area contributed by atoms with Gasteiger partial charge in [0, 0.05) is 5.92 Å². The van der Waals surface area contributed by atoms with E-state index in [0.29, 0.717) is 17.8 Å². The maximum atomic E-state index is 12.3. The molecule has 3 nitrogen and oxygen atoms in total. The van der Waals surface area contributed by atoms with Gasteiger partial charge in [0.05, 0.1) is 12.7 Å². The smallest absolute Gasteiger partial charge is 0.123 e. The van der Waals surface area contributed by atoms with Crippen LogP contribution in [0.15, 0.2) is 23.3 Å². The molecule has 3 heteroatoms. The highest BCUT2D eigenvalue weighted by atomic mass is 16.3. The van der Waals surface area contributed by atoms with Crippen LogP contribution in [0.1, 0.15) is 99.3 Å². The van der Waals surface area contributed by atoms with Crippen molar-refractivity contribution in [1.29, 1.82) is 0 Å². The van der Waals surface area contributed by atoms with Crippen LogP contribution in [-0.2, 0) is 4.79 Å². The molecule has 0 bridgehead atoms. The molecule has 33 heavy (non-hydrogen) atoms. The van der Waals surface area contributed by atoms with Gasteiger partial charge in [-0.15, -0.1) is 0 Å². The SMILES string of the molecule is CC(=CCCC(C=O)C1CCC2(C)C3=CCC4C(C)(C)C(O)CCC4(C)C3CCC12C)CO. The van der Waals surface area contributed by atoms with Gasteiger partial charge in [-0.05, 0) is 104 Å². The molecule has 0 radical (unpaired) electrons. The highest BCUT2D eigenvalue weighted by Gasteiger charge is 2.65. The molecule has 0 heterocycles. The summed E-state index contributed by atoms with van der Waals surface area (Å²) >= 11 is 0. The summed E-state index contributed by atoms with van der Waals surface area (Å²) in [6.45, 7) is 14.2. The first-order valence-electron chi connectivity index (χ1n) is 13.6.